The standard InChI is InChI=1S/C19H35NO/c1-2-3-4-5-9-17-11-10-16-8-6-7-13-19(16)14-12-18(15-21)20(17)19/h16-18,21H,2-15H2,1H3/t16?,17-,18+,19+/m1/s1. The average molecular weight is 293 g/mol. The number of rotatable bonds is 6. The fourth-order valence-electron chi connectivity index (χ4n) is 5.89. The van der Waals surface area contributed by atoms with Gasteiger partial charge in [0.25, 0.3) is 0 Å². The molecule has 1 N–H and O–H groups in total. The van der Waals surface area contributed by atoms with Gasteiger partial charge in [-0.05, 0) is 50.9 Å². The van der Waals surface area contributed by atoms with Crippen LogP contribution < -0.4 is 0 Å². The molecule has 1 spiro atoms. The quantitative estimate of drug-likeness (QED) is 0.729. The molecule has 0 aromatic carbocycles. The maximum atomic E-state index is 9.88. The monoisotopic (exact) mass is 293 g/mol. The lowest BCUT2D eigenvalue weighted by Crippen LogP contribution is -2.61. The third kappa shape index (κ3) is 2.91. The van der Waals surface area contributed by atoms with Crippen LogP contribution in [-0.4, -0.2) is 34.2 Å². The molecular formula is C19H35NO. The molecule has 2 heteroatoms. The molecule has 3 fully saturated rings. The van der Waals surface area contributed by atoms with Gasteiger partial charge in [-0.25, -0.2) is 0 Å². The van der Waals surface area contributed by atoms with E-state index in [1.165, 1.54) is 83.5 Å². The number of nitrogens with zero attached hydrogens (tertiary/aromatic N) is 1. The van der Waals surface area contributed by atoms with Crippen molar-refractivity contribution < 1.29 is 5.11 Å². The van der Waals surface area contributed by atoms with Crippen molar-refractivity contribution in [2.24, 2.45) is 5.92 Å². The minimum atomic E-state index is 0.389. The number of aliphatic hydroxyl groups is 1. The highest BCUT2D eigenvalue weighted by Gasteiger charge is 2.55. The number of hydrogen-bond donors (Lipinski definition) is 1. The molecule has 0 aromatic rings. The minimum Gasteiger partial charge on any atom is -0.395 e. The van der Waals surface area contributed by atoms with E-state index < -0.39 is 0 Å². The van der Waals surface area contributed by atoms with Gasteiger partial charge in [-0.2, -0.15) is 0 Å². The maximum Gasteiger partial charge on any atom is 0.0587 e. The normalized spacial score (nSPS) is 40.0. The van der Waals surface area contributed by atoms with Gasteiger partial charge in [0.2, 0.25) is 0 Å². The van der Waals surface area contributed by atoms with Gasteiger partial charge in [-0.15, -0.1) is 0 Å². The Morgan fingerprint density at radius 2 is 1.86 bits per heavy atom. The van der Waals surface area contributed by atoms with E-state index in [1.807, 2.05) is 0 Å². The first kappa shape index (κ1) is 15.8. The van der Waals surface area contributed by atoms with Crippen molar-refractivity contribution in [1.82, 2.24) is 4.90 Å². The van der Waals surface area contributed by atoms with Gasteiger partial charge >= 0.3 is 0 Å². The molecule has 2 aliphatic heterocycles. The summed E-state index contributed by atoms with van der Waals surface area (Å²) >= 11 is 0. The molecule has 2 saturated heterocycles. The summed E-state index contributed by atoms with van der Waals surface area (Å²) in [6.07, 6.45) is 18.1. The van der Waals surface area contributed by atoms with E-state index in [0.29, 0.717) is 18.2 Å². The van der Waals surface area contributed by atoms with Gasteiger partial charge in [0.15, 0.2) is 0 Å². The summed E-state index contributed by atoms with van der Waals surface area (Å²) in [5.41, 5.74) is 0.499. The summed E-state index contributed by atoms with van der Waals surface area (Å²) in [7, 11) is 0. The molecule has 3 rings (SSSR count). The Kier molecular flexibility index (Phi) is 5.27. The molecule has 4 atom stereocenters. The summed E-state index contributed by atoms with van der Waals surface area (Å²) in [5.74, 6) is 0.940. The van der Waals surface area contributed by atoms with E-state index in [1.54, 1.807) is 0 Å². The van der Waals surface area contributed by atoms with Crippen LogP contribution in [0.2, 0.25) is 0 Å². The summed E-state index contributed by atoms with van der Waals surface area (Å²) in [5, 5.41) is 9.88. The molecule has 1 aliphatic carbocycles. The molecule has 0 radical (unpaired) electrons. The van der Waals surface area contributed by atoms with Gasteiger partial charge in [-0.3, -0.25) is 4.90 Å². The SMILES string of the molecule is CCCCCC[C@@H]1CCC2CCCC[C@]23CC[C@@H](CO)N13. The van der Waals surface area contributed by atoms with Crippen molar-refractivity contribution in [3.05, 3.63) is 0 Å². The molecule has 0 aromatic heterocycles. The fraction of sp³-hybridized carbons (Fsp3) is 1.00. The Morgan fingerprint density at radius 1 is 0.952 bits per heavy atom. The molecule has 122 valence electrons. The van der Waals surface area contributed by atoms with Crippen LogP contribution in [0.3, 0.4) is 0 Å². The maximum absolute atomic E-state index is 9.88. The average Bonchev–Trinajstić information content (AvgIpc) is 2.90. The molecule has 3 aliphatic rings. The van der Waals surface area contributed by atoms with Gasteiger partial charge in [-0.1, -0.05) is 45.4 Å². The van der Waals surface area contributed by atoms with Crippen LogP contribution >= 0.6 is 0 Å². The van der Waals surface area contributed by atoms with Crippen molar-refractivity contribution in [3.8, 4) is 0 Å². The predicted molar refractivity (Wildman–Crippen MR) is 88.4 cm³/mol. The highest BCUT2D eigenvalue weighted by atomic mass is 16.3. The smallest absolute Gasteiger partial charge is 0.0587 e. The first-order valence-corrected chi connectivity index (χ1v) is 9.71. The second-order valence-electron chi connectivity index (χ2n) is 7.91. The Labute approximate surface area is 131 Å². The number of piperidine rings is 1. The predicted octanol–water partition coefficient (Wildman–Crippen LogP) is 4.50. The number of aliphatic hydroxyl groups excluding tert-OH is 1. The number of unbranched alkanes of at least 4 members (excludes halogenated alkanes) is 3. The fourth-order valence-corrected chi connectivity index (χ4v) is 5.89. The van der Waals surface area contributed by atoms with Crippen LogP contribution in [0.1, 0.15) is 90.4 Å². The summed E-state index contributed by atoms with van der Waals surface area (Å²) in [6.45, 7) is 2.68. The van der Waals surface area contributed by atoms with E-state index in [-0.39, 0.29) is 0 Å². The zero-order valence-electron chi connectivity index (χ0n) is 14.0. The van der Waals surface area contributed by atoms with Crippen molar-refractivity contribution in [3.63, 3.8) is 0 Å². The van der Waals surface area contributed by atoms with E-state index in [2.05, 4.69) is 11.8 Å². The van der Waals surface area contributed by atoms with Crippen molar-refractivity contribution >= 4 is 0 Å². The second-order valence-corrected chi connectivity index (χ2v) is 7.91. The van der Waals surface area contributed by atoms with Gasteiger partial charge in [0.1, 0.15) is 0 Å². The van der Waals surface area contributed by atoms with Crippen LogP contribution in [0.25, 0.3) is 0 Å². The lowest BCUT2D eigenvalue weighted by atomic mass is 9.66. The molecule has 1 saturated carbocycles. The largest absolute Gasteiger partial charge is 0.395 e. The third-order valence-electron chi connectivity index (χ3n) is 6.83. The lowest BCUT2D eigenvalue weighted by molar-refractivity contribution is -0.0702. The van der Waals surface area contributed by atoms with Crippen molar-refractivity contribution in [1.29, 1.82) is 0 Å². The van der Waals surface area contributed by atoms with E-state index in [9.17, 15) is 5.11 Å². The molecular weight excluding hydrogens is 258 g/mol. The molecule has 2 heterocycles. The van der Waals surface area contributed by atoms with Crippen LogP contribution in [0, 0.1) is 5.92 Å². The molecule has 2 nitrogen and oxygen atoms in total. The van der Waals surface area contributed by atoms with Crippen LogP contribution in [0.4, 0.5) is 0 Å². The Balaban J connectivity index is 1.70. The first-order chi connectivity index (χ1) is 10.3. The van der Waals surface area contributed by atoms with E-state index in [0.717, 1.165) is 12.0 Å². The zero-order chi connectivity index (χ0) is 14.7. The summed E-state index contributed by atoms with van der Waals surface area (Å²) in [6, 6.07) is 1.25. The Morgan fingerprint density at radius 3 is 2.67 bits per heavy atom. The first-order valence-electron chi connectivity index (χ1n) is 9.71. The topological polar surface area (TPSA) is 23.5 Å². The van der Waals surface area contributed by atoms with Gasteiger partial charge in [0.05, 0.1) is 6.61 Å². The van der Waals surface area contributed by atoms with Crippen LogP contribution in [0.5, 0.6) is 0 Å². The lowest BCUT2D eigenvalue weighted by Gasteiger charge is -2.56. The summed E-state index contributed by atoms with van der Waals surface area (Å²) < 4.78 is 0. The Hall–Kier alpha value is -0.0800. The van der Waals surface area contributed by atoms with E-state index in [4.69, 9.17) is 0 Å². The molecule has 1 unspecified atom stereocenters. The molecule has 0 bridgehead atoms. The second kappa shape index (κ2) is 7.00. The van der Waals surface area contributed by atoms with Crippen LogP contribution in [0.15, 0.2) is 0 Å². The van der Waals surface area contributed by atoms with E-state index >= 15 is 0 Å². The van der Waals surface area contributed by atoms with Crippen LogP contribution in [-0.2, 0) is 0 Å². The summed E-state index contributed by atoms with van der Waals surface area (Å²) in [4.78, 5) is 2.87. The van der Waals surface area contributed by atoms with Gasteiger partial charge < -0.3 is 5.11 Å². The van der Waals surface area contributed by atoms with Crippen molar-refractivity contribution in [2.75, 3.05) is 6.61 Å². The molecule has 21 heavy (non-hydrogen) atoms. The Bertz CT molecular complexity index is 332. The number of hydrogen-bond acceptors (Lipinski definition) is 2. The van der Waals surface area contributed by atoms with Crippen molar-refractivity contribution in [2.45, 2.75) is 108 Å². The minimum absolute atomic E-state index is 0.389. The highest BCUT2D eigenvalue weighted by molar-refractivity contribution is 5.10. The highest BCUT2D eigenvalue weighted by Crippen LogP contribution is 2.54. The third-order valence-corrected chi connectivity index (χ3v) is 6.83. The zero-order valence-corrected chi connectivity index (χ0v) is 14.0. The van der Waals surface area contributed by atoms with Gasteiger partial charge in [0, 0.05) is 17.6 Å². The molecule has 0 amide bonds.